The summed E-state index contributed by atoms with van der Waals surface area (Å²) in [5.41, 5.74) is 0. The van der Waals surface area contributed by atoms with Crippen molar-refractivity contribution in [1.29, 1.82) is 0 Å². The fourth-order valence-corrected chi connectivity index (χ4v) is 2.09. The Morgan fingerprint density at radius 1 is 1.40 bits per heavy atom. The minimum Gasteiger partial charge on any atom is -0.374 e. The van der Waals surface area contributed by atoms with Gasteiger partial charge in [-0.1, -0.05) is 0 Å². The van der Waals surface area contributed by atoms with Gasteiger partial charge in [-0.3, -0.25) is 9.58 Å². The Morgan fingerprint density at radius 3 is 2.95 bits per heavy atom. The van der Waals surface area contributed by atoms with Crippen molar-refractivity contribution in [2.45, 2.75) is 18.8 Å². The smallest absolute Gasteiger partial charge is 0.374 e. The van der Waals surface area contributed by atoms with Crippen molar-refractivity contribution in [2.75, 3.05) is 39.5 Å². The van der Waals surface area contributed by atoms with Crippen LogP contribution in [0.1, 0.15) is 0 Å². The molecule has 0 saturated carbocycles. The van der Waals surface area contributed by atoms with Crippen LogP contribution in [0.15, 0.2) is 18.5 Å². The van der Waals surface area contributed by atoms with Crippen LogP contribution in [0.5, 0.6) is 0 Å². The highest BCUT2D eigenvalue weighted by atomic mass is 19.4. The molecule has 1 aliphatic rings. The third-order valence-corrected chi connectivity index (χ3v) is 2.99. The largest absolute Gasteiger partial charge is 0.411 e. The van der Waals surface area contributed by atoms with Gasteiger partial charge in [0, 0.05) is 32.0 Å². The Hall–Kier alpha value is -1.12. The van der Waals surface area contributed by atoms with Crippen molar-refractivity contribution in [3.8, 4) is 0 Å². The van der Waals surface area contributed by atoms with Gasteiger partial charge >= 0.3 is 6.18 Å². The van der Waals surface area contributed by atoms with E-state index in [-0.39, 0.29) is 12.7 Å². The van der Waals surface area contributed by atoms with E-state index in [1.165, 1.54) is 0 Å². The van der Waals surface area contributed by atoms with Crippen LogP contribution in [0, 0.1) is 0 Å². The van der Waals surface area contributed by atoms with Gasteiger partial charge in [-0.05, 0) is 6.07 Å². The second kappa shape index (κ2) is 7.05. The first-order valence-electron chi connectivity index (χ1n) is 6.49. The Kier molecular flexibility index (Phi) is 5.38. The van der Waals surface area contributed by atoms with E-state index in [0.717, 1.165) is 0 Å². The number of morpholine rings is 1. The fourth-order valence-electron chi connectivity index (χ4n) is 2.09. The molecule has 0 N–H and O–H groups in total. The highest BCUT2D eigenvalue weighted by molar-refractivity contribution is 4.80. The summed E-state index contributed by atoms with van der Waals surface area (Å²) < 4.78 is 47.8. The summed E-state index contributed by atoms with van der Waals surface area (Å²) in [6.07, 6.45) is -0.695. The summed E-state index contributed by atoms with van der Waals surface area (Å²) in [5, 5.41) is 4.11. The van der Waals surface area contributed by atoms with Crippen molar-refractivity contribution in [3.05, 3.63) is 18.5 Å². The second-order valence-electron chi connectivity index (χ2n) is 4.69. The Bertz CT molecular complexity index is 384. The molecule has 5 nitrogen and oxygen atoms in total. The van der Waals surface area contributed by atoms with Gasteiger partial charge in [-0.15, -0.1) is 0 Å². The van der Waals surface area contributed by atoms with Gasteiger partial charge in [-0.25, -0.2) is 0 Å². The molecule has 1 aromatic rings. The molecule has 0 aromatic carbocycles. The Balaban J connectivity index is 1.65. The molecule has 0 amide bonds. The van der Waals surface area contributed by atoms with E-state index in [1.54, 1.807) is 10.9 Å². The number of hydrogen-bond donors (Lipinski definition) is 0. The van der Waals surface area contributed by atoms with Gasteiger partial charge in [0.05, 0.1) is 25.9 Å². The molecule has 1 fully saturated rings. The van der Waals surface area contributed by atoms with Crippen molar-refractivity contribution >= 4 is 0 Å². The van der Waals surface area contributed by atoms with Crippen molar-refractivity contribution in [1.82, 2.24) is 14.7 Å². The van der Waals surface area contributed by atoms with E-state index >= 15 is 0 Å². The normalized spacial score (nSPS) is 21.2. The first-order chi connectivity index (χ1) is 9.53. The van der Waals surface area contributed by atoms with Crippen molar-refractivity contribution in [2.24, 2.45) is 0 Å². The second-order valence-corrected chi connectivity index (χ2v) is 4.69. The molecule has 0 spiro atoms. The van der Waals surface area contributed by atoms with E-state index in [0.29, 0.717) is 32.8 Å². The zero-order chi connectivity index (χ0) is 14.4. The average Bonchev–Trinajstić information content (AvgIpc) is 2.87. The molecular weight excluding hydrogens is 275 g/mol. The van der Waals surface area contributed by atoms with Crippen LogP contribution in [-0.2, 0) is 16.0 Å². The number of rotatable bonds is 6. The number of ether oxygens (including phenoxy) is 2. The van der Waals surface area contributed by atoms with E-state index in [1.807, 2.05) is 17.2 Å². The van der Waals surface area contributed by atoms with Gasteiger partial charge in [0.1, 0.15) is 6.61 Å². The number of aromatic nitrogens is 2. The standard InChI is InChI=1S/C12H18F3N3O2/c13-12(14,15)10-19-6-4-17-5-7-20-11(8-17)9-18-3-1-2-16-18/h1-3,11H,4-10H2/t11-/m0/s1. The van der Waals surface area contributed by atoms with Crippen LogP contribution in [-0.4, -0.2) is 66.4 Å². The number of alkyl halides is 3. The van der Waals surface area contributed by atoms with Gasteiger partial charge in [-0.2, -0.15) is 18.3 Å². The van der Waals surface area contributed by atoms with Gasteiger partial charge in [0.25, 0.3) is 0 Å². The summed E-state index contributed by atoms with van der Waals surface area (Å²) in [4.78, 5) is 2.05. The third kappa shape index (κ3) is 5.48. The molecule has 8 heteroatoms. The Labute approximate surface area is 115 Å². The van der Waals surface area contributed by atoms with Crippen LogP contribution in [0.4, 0.5) is 13.2 Å². The average molecular weight is 293 g/mol. The summed E-state index contributed by atoms with van der Waals surface area (Å²) in [6, 6.07) is 1.84. The fraction of sp³-hybridized carbons (Fsp3) is 0.750. The number of hydrogen-bond acceptors (Lipinski definition) is 4. The maximum absolute atomic E-state index is 11.9. The Morgan fingerprint density at radius 2 is 2.25 bits per heavy atom. The molecule has 0 radical (unpaired) electrons. The summed E-state index contributed by atoms with van der Waals surface area (Å²) >= 11 is 0. The monoisotopic (exact) mass is 293 g/mol. The predicted molar refractivity (Wildman–Crippen MR) is 65.3 cm³/mol. The summed E-state index contributed by atoms with van der Waals surface area (Å²) in [6.45, 7) is 1.98. The van der Waals surface area contributed by atoms with Gasteiger partial charge in [0.2, 0.25) is 0 Å². The molecule has 1 saturated heterocycles. The van der Waals surface area contributed by atoms with Crippen LogP contribution in [0.2, 0.25) is 0 Å². The van der Waals surface area contributed by atoms with Crippen molar-refractivity contribution < 1.29 is 22.6 Å². The molecular formula is C12H18F3N3O2. The highest BCUT2D eigenvalue weighted by Crippen LogP contribution is 2.14. The molecule has 20 heavy (non-hydrogen) atoms. The predicted octanol–water partition coefficient (Wildman–Crippen LogP) is 1.16. The summed E-state index contributed by atoms with van der Waals surface area (Å²) in [5.74, 6) is 0. The van der Waals surface area contributed by atoms with Gasteiger partial charge < -0.3 is 9.47 Å². The molecule has 1 aliphatic heterocycles. The van der Waals surface area contributed by atoms with E-state index < -0.39 is 12.8 Å². The van der Waals surface area contributed by atoms with E-state index in [9.17, 15) is 13.2 Å². The minimum absolute atomic E-state index is 0.00580. The maximum atomic E-state index is 11.9. The van der Waals surface area contributed by atoms with E-state index in [4.69, 9.17) is 4.74 Å². The topological polar surface area (TPSA) is 39.5 Å². The third-order valence-electron chi connectivity index (χ3n) is 2.99. The lowest BCUT2D eigenvalue weighted by molar-refractivity contribution is -0.175. The molecule has 2 heterocycles. The number of halogens is 3. The van der Waals surface area contributed by atoms with Crippen molar-refractivity contribution in [3.63, 3.8) is 0 Å². The maximum Gasteiger partial charge on any atom is 0.411 e. The van der Waals surface area contributed by atoms with Crippen LogP contribution >= 0.6 is 0 Å². The van der Waals surface area contributed by atoms with E-state index in [2.05, 4.69) is 9.84 Å². The zero-order valence-electron chi connectivity index (χ0n) is 11.1. The molecule has 0 unspecified atom stereocenters. The molecule has 114 valence electrons. The molecule has 0 bridgehead atoms. The summed E-state index contributed by atoms with van der Waals surface area (Å²) in [7, 11) is 0. The lowest BCUT2D eigenvalue weighted by Gasteiger charge is -2.32. The lowest BCUT2D eigenvalue weighted by Crippen LogP contribution is -2.45. The molecule has 1 aromatic heterocycles. The quantitative estimate of drug-likeness (QED) is 0.738. The first-order valence-corrected chi connectivity index (χ1v) is 6.49. The van der Waals surface area contributed by atoms with Crippen LogP contribution < -0.4 is 0 Å². The van der Waals surface area contributed by atoms with Crippen LogP contribution in [0.25, 0.3) is 0 Å². The molecule has 1 atom stereocenters. The lowest BCUT2D eigenvalue weighted by atomic mass is 10.2. The molecule has 0 aliphatic carbocycles. The van der Waals surface area contributed by atoms with Crippen LogP contribution in [0.3, 0.4) is 0 Å². The zero-order valence-corrected chi connectivity index (χ0v) is 11.1. The number of nitrogens with zero attached hydrogens (tertiary/aromatic N) is 3. The molecule has 2 rings (SSSR count). The minimum atomic E-state index is -4.26. The first kappa shape index (κ1) is 15.3. The van der Waals surface area contributed by atoms with Gasteiger partial charge in [0.15, 0.2) is 0 Å². The SMILES string of the molecule is FC(F)(F)COCCN1CCO[C@H](Cn2cccn2)C1. The highest BCUT2D eigenvalue weighted by Gasteiger charge is 2.27.